The second kappa shape index (κ2) is 3.46. The largest absolute Gasteiger partial charge is 0.342 e. The van der Waals surface area contributed by atoms with Crippen LogP contribution in [-0.4, -0.2) is 30.1 Å². The van der Waals surface area contributed by atoms with Gasteiger partial charge in [-0.2, -0.15) is 0 Å². The number of likely N-dealkylation sites (tertiary alicyclic amines) is 1. The molecule has 0 aromatic rings. The molecule has 1 saturated carbocycles. The van der Waals surface area contributed by atoms with Crippen molar-refractivity contribution >= 4 is 5.91 Å². The highest BCUT2D eigenvalue weighted by atomic mass is 19.1. The maximum Gasteiger partial charge on any atom is 0.219 e. The van der Waals surface area contributed by atoms with Gasteiger partial charge in [0, 0.05) is 20.0 Å². The Labute approximate surface area is 90.8 Å². The zero-order valence-corrected chi connectivity index (χ0v) is 9.79. The van der Waals surface area contributed by atoms with E-state index >= 15 is 0 Å². The molecule has 2 fully saturated rings. The quantitative estimate of drug-likeness (QED) is 0.654. The van der Waals surface area contributed by atoms with Crippen LogP contribution in [0.5, 0.6) is 0 Å². The Bertz CT molecular complexity index is 279. The number of carbonyl (C=O) groups is 1. The van der Waals surface area contributed by atoms with Gasteiger partial charge in [0.05, 0.1) is 0 Å². The Hall–Kier alpha value is -0.600. The average molecular weight is 213 g/mol. The number of rotatable bonds is 1. The predicted octanol–water partition coefficient (Wildman–Crippen LogP) is 2.24. The molecule has 0 radical (unpaired) electrons. The van der Waals surface area contributed by atoms with Gasteiger partial charge in [0.25, 0.3) is 0 Å². The summed E-state index contributed by atoms with van der Waals surface area (Å²) in [6.07, 6.45) is 0.660. The van der Waals surface area contributed by atoms with Crippen LogP contribution >= 0.6 is 0 Å². The van der Waals surface area contributed by atoms with Crippen molar-refractivity contribution in [1.29, 1.82) is 0 Å². The van der Waals surface area contributed by atoms with Crippen molar-refractivity contribution in [3.63, 3.8) is 0 Å². The fourth-order valence-corrected chi connectivity index (χ4v) is 3.47. The molecule has 3 atom stereocenters. The monoisotopic (exact) mass is 213 g/mol. The van der Waals surface area contributed by atoms with Gasteiger partial charge < -0.3 is 4.90 Å². The molecule has 0 spiro atoms. The lowest BCUT2D eigenvalue weighted by molar-refractivity contribution is -0.128. The number of fused-ring (bicyclic) bond motifs is 1. The van der Waals surface area contributed by atoms with Gasteiger partial charge in [0.1, 0.15) is 6.17 Å². The highest BCUT2D eigenvalue weighted by molar-refractivity contribution is 5.73. The SMILES string of the molecule is CC(=O)N1CC2C[C@@H](F)C[C@@]2(C(C)C)C1. The Morgan fingerprint density at radius 3 is 2.67 bits per heavy atom. The van der Waals surface area contributed by atoms with E-state index in [0.29, 0.717) is 24.7 Å². The van der Waals surface area contributed by atoms with E-state index in [-0.39, 0.29) is 11.3 Å². The molecule has 15 heavy (non-hydrogen) atoms. The van der Waals surface area contributed by atoms with Crippen LogP contribution < -0.4 is 0 Å². The summed E-state index contributed by atoms with van der Waals surface area (Å²) < 4.78 is 13.5. The number of hydrogen-bond acceptors (Lipinski definition) is 1. The molecule has 1 saturated heterocycles. The van der Waals surface area contributed by atoms with Crippen molar-refractivity contribution in [3.05, 3.63) is 0 Å². The van der Waals surface area contributed by atoms with Crippen molar-refractivity contribution in [2.45, 2.75) is 39.8 Å². The summed E-state index contributed by atoms with van der Waals surface area (Å²) in [5, 5.41) is 0. The molecule has 86 valence electrons. The third-order valence-electron chi connectivity index (χ3n) is 4.48. The van der Waals surface area contributed by atoms with E-state index < -0.39 is 6.17 Å². The smallest absolute Gasteiger partial charge is 0.219 e. The molecule has 1 aliphatic heterocycles. The van der Waals surface area contributed by atoms with Gasteiger partial charge in [-0.1, -0.05) is 13.8 Å². The van der Waals surface area contributed by atoms with Gasteiger partial charge in [-0.3, -0.25) is 4.79 Å². The fraction of sp³-hybridized carbons (Fsp3) is 0.917. The summed E-state index contributed by atoms with van der Waals surface area (Å²) in [4.78, 5) is 13.3. The minimum absolute atomic E-state index is 0.0606. The highest BCUT2D eigenvalue weighted by Gasteiger charge is 2.55. The molecule has 0 aromatic heterocycles. The van der Waals surface area contributed by atoms with E-state index in [9.17, 15) is 9.18 Å². The molecule has 3 heteroatoms. The van der Waals surface area contributed by atoms with Crippen molar-refractivity contribution in [2.24, 2.45) is 17.3 Å². The van der Waals surface area contributed by atoms with Crippen LogP contribution in [-0.2, 0) is 4.79 Å². The minimum atomic E-state index is -0.647. The van der Waals surface area contributed by atoms with E-state index in [1.54, 1.807) is 6.92 Å². The summed E-state index contributed by atoms with van der Waals surface area (Å²) in [7, 11) is 0. The topological polar surface area (TPSA) is 20.3 Å². The summed E-state index contributed by atoms with van der Waals surface area (Å²) >= 11 is 0. The van der Waals surface area contributed by atoms with Crippen LogP contribution in [0.1, 0.15) is 33.6 Å². The first kappa shape index (κ1) is 10.9. The zero-order valence-electron chi connectivity index (χ0n) is 9.79. The molecule has 0 bridgehead atoms. The second-order valence-electron chi connectivity index (χ2n) is 5.52. The lowest BCUT2D eigenvalue weighted by Crippen LogP contribution is -2.34. The summed E-state index contributed by atoms with van der Waals surface area (Å²) in [5.41, 5.74) is 0.0606. The van der Waals surface area contributed by atoms with Gasteiger partial charge in [0.2, 0.25) is 5.91 Å². The molecular formula is C12H20FNO. The second-order valence-corrected chi connectivity index (χ2v) is 5.52. The molecule has 0 aromatic carbocycles. The third-order valence-corrected chi connectivity index (χ3v) is 4.48. The number of carbonyl (C=O) groups excluding carboxylic acids is 1. The summed E-state index contributed by atoms with van der Waals surface area (Å²) in [6, 6.07) is 0. The van der Waals surface area contributed by atoms with E-state index in [2.05, 4.69) is 13.8 Å². The predicted molar refractivity (Wildman–Crippen MR) is 57.1 cm³/mol. The van der Waals surface area contributed by atoms with Crippen LogP contribution in [0.3, 0.4) is 0 Å². The first-order valence-electron chi connectivity index (χ1n) is 5.85. The average Bonchev–Trinajstić information content (AvgIpc) is 2.57. The van der Waals surface area contributed by atoms with Gasteiger partial charge >= 0.3 is 0 Å². The first-order chi connectivity index (χ1) is 6.95. The van der Waals surface area contributed by atoms with Crippen molar-refractivity contribution in [2.75, 3.05) is 13.1 Å². The van der Waals surface area contributed by atoms with E-state index in [1.807, 2.05) is 4.90 Å². The summed E-state index contributed by atoms with van der Waals surface area (Å²) in [6.45, 7) is 7.48. The number of alkyl halides is 1. The molecule has 1 unspecified atom stereocenters. The maximum atomic E-state index is 13.5. The molecule has 1 aliphatic carbocycles. The lowest BCUT2D eigenvalue weighted by Gasteiger charge is -2.33. The minimum Gasteiger partial charge on any atom is -0.342 e. The van der Waals surface area contributed by atoms with Crippen molar-refractivity contribution in [3.8, 4) is 0 Å². The fourth-order valence-electron chi connectivity index (χ4n) is 3.47. The highest BCUT2D eigenvalue weighted by Crippen LogP contribution is 2.54. The Morgan fingerprint density at radius 2 is 2.20 bits per heavy atom. The normalized spacial score (nSPS) is 39.9. The van der Waals surface area contributed by atoms with E-state index in [4.69, 9.17) is 0 Å². The molecule has 2 aliphatic rings. The maximum absolute atomic E-state index is 13.5. The van der Waals surface area contributed by atoms with Crippen LogP contribution in [0.4, 0.5) is 4.39 Å². The third kappa shape index (κ3) is 1.56. The molecule has 1 amide bonds. The Kier molecular flexibility index (Phi) is 2.52. The van der Waals surface area contributed by atoms with Crippen molar-refractivity contribution in [1.82, 2.24) is 4.90 Å². The van der Waals surface area contributed by atoms with E-state index in [1.165, 1.54) is 0 Å². The van der Waals surface area contributed by atoms with E-state index in [0.717, 1.165) is 13.1 Å². The Balaban J connectivity index is 2.21. The van der Waals surface area contributed by atoms with Crippen LogP contribution in [0.2, 0.25) is 0 Å². The number of halogens is 1. The van der Waals surface area contributed by atoms with Crippen molar-refractivity contribution < 1.29 is 9.18 Å². The summed E-state index contributed by atoms with van der Waals surface area (Å²) in [5.74, 6) is 0.990. The zero-order chi connectivity index (χ0) is 11.2. The van der Waals surface area contributed by atoms with Gasteiger partial charge in [-0.05, 0) is 30.1 Å². The van der Waals surface area contributed by atoms with Crippen LogP contribution in [0, 0.1) is 17.3 Å². The number of hydrogen-bond donors (Lipinski definition) is 0. The van der Waals surface area contributed by atoms with Crippen LogP contribution in [0.15, 0.2) is 0 Å². The first-order valence-corrected chi connectivity index (χ1v) is 5.85. The Morgan fingerprint density at radius 1 is 1.53 bits per heavy atom. The molecule has 2 nitrogen and oxygen atoms in total. The number of nitrogens with zero attached hydrogens (tertiary/aromatic N) is 1. The number of amides is 1. The lowest BCUT2D eigenvalue weighted by atomic mass is 9.72. The van der Waals surface area contributed by atoms with Gasteiger partial charge in [0.15, 0.2) is 0 Å². The standard InChI is InChI=1S/C12H20FNO/c1-8(2)12-5-11(13)4-10(12)6-14(7-12)9(3)15/h8,10-11H,4-7H2,1-3H3/t10?,11-,12+/m1/s1. The van der Waals surface area contributed by atoms with Gasteiger partial charge in [-0.25, -0.2) is 4.39 Å². The van der Waals surface area contributed by atoms with Gasteiger partial charge in [-0.15, -0.1) is 0 Å². The van der Waals surface area contributed by atoms with Crippen LogP contribution in [0.25, 0.3) is 0 Å². The molecule has 1 heterocycles. The molecule has 2 rings (SSSR count). The molecule has 0 N–H and O–H groups in total. The molecular weight excluding hydrogens is 193 g/mol.